The maximum atomic E-state index is 14.2. The monoisotopic (exact) mass is 289 g/mol. The quantitative estimate of drug-likeness (QED) is 0.663. The van der Waals surface area contributed by atoms with Crippen LogP contribution in [0.3, 0.4) is 0 Å². The van der Waals surface area contributed by atoms with Crippen molar-refractivity contribution in [3.8, 4) is 0 Å². The normalized spacial score (nSPS) is 19.6. The van der Waals surface area contributed by atoms with Crippen molar-refractivity contribution < 1.29 is 14.0 Å². The first-order valence-electron chi connectivity index (χ1n) is 7.81. The van der Waals surface area contributed by atoms with Crippen LogP contribution in [0.25, 0.3) is 0 Å². The summed E-state index contributed by atoms with van der Waals surface area (Å²) >= 11 is 0. The van der Waals surface area contributed by atoms with Crippen molar-refractivity contribution >= 4 is 17.4 Å². The molecule has 1 aromatic carbocycles. The molecule has 1 aliphatic carbocycles. The van der Waals surface area contributed by atoms with Crippen LogP contribution in [0.2, 0.25) is 0 Å². The Bertz CT molecular complexity index is 574. The van der Waals surface area contributed by atoms with E-state index < -0.39 is 5.82 Å². The Morgan fingerprint density at radius 1 is 1.10 bits per heavy atom. The summed E-state index contributed by atoms with van der Waals surface area (Å²) in [4.78, 5) is 23.9. The van der Waals surface area contributed by atoms with Gasteiger partial charge < -0.3 is 5.32 Å². The minimum absolute atomic E-state index is 0.0433. The fraction of sp³-hybridized carbons (Fsp3) is 0.529. The first-order valence-corrected chi connectivity index (χ1v) is 7.81. The number of Topliss-reactive ketones (excluding diaryl/α,β-unsaturated/α-hetero) is 1. The van der Waals surface area contributed by atoms with Crippen LogP contribution in [0.4, 0.5) is 10.1 Å². The summed E-state index contributed by atoms with van der Waals surface area (Å²) in [5.41, 5.74) is 1.59. The lowest BCUT2D eigenvalue weighted by molar-refractivity contribution is -0.116. The first kappa shape index (κ1) is 14.2. The van der Waals surface area contributed by atoms with Crippen molar-refractivity contribution in [2.45, 2.75) is 51.4 Å². The van der Waals surface area contributed by atoms with E-state index in [1.807, 2.05) is 0 Å². The van der Waals surface area contributed by atoms with Crippen LogP contribution in [0.1, 0.15) is 60.9 Å². The van der Waals surface area contributed by atoms with Crippen LogP contribution in [-0.4, -0.2) is 11.7 Å². The summed E-state index contributed by atoms with van der Waals surface area (Å²) in [6.07, 6.45) is 7.16. The molecular weight excluding hydrogens is 269 g/mol. The predicted octanol–water partition coefficient (Wildman–Crippen LogP) is 3.86. The number of fused-ring (bicyclic) bond motifs is 1. The number of hydrogen-bond acceptors (Lipinski definition) is 2. The molecule has 0 unspecified atom stereocenters. The second-order valence-electron chi connectivity index (χ2n) is 6.09. The number of rotatable bonds is 2. The molecule has 112 valence electrons. The van der Waals surface area contributed by atoms with Gasteiger partial charge in [0.2, 0.25) is 5.91 Å². The Kier molecular flexibility index (Phi) is 4.04. The third-order valence-electron chi connectivity index (χ3n) is 4.58. The van der Waals surface area contributed by atoms with E-state index in [1.54, 1.807) is 6.07 Å². The molecule has 0 aromatic heterocycles. The Balaban J connectivity index is 1.87. The SMILES string of the molecule is O=C1CCc2cc(C(=O)C3CCCCCC3)c(F)cc2N1. The van der Waals surface area contributed by atoms with Crippen molar-refractivity contribution in [2.75, 3.05) is 5.32 Å². The Morgan fingerprint density at radius 2 is 1.81 bits per heavy atom. The van der Waals surface area contributed by atoms with E-state index in [1.165, 1.54) is 18.9 Å². The Morgan fingerprint density at radius 3 is 2.52 bits per heavy atom. The standard InChI is InChI=1S/C17H20FNO2/c18-14-10-15-12(7-8-16(20)19-15)9-13(14)17(21)11-5-3-1-2-4-6-11/h9-11H,1-8H2,(H,19,20). The largest absolute Gasteiger partial charge is 0.326 e. The number of aryl methyl sites for hydroxylation is 1. The van der Waals surface area contributed by atoms with Gasteiger partial charge >= 0.3 is 0 Å². The second kappa shape index (κ2) is 5.96. The third kappa shape index (κ3) is 2.99. The van der Waals surface area contributed by atoms with Gasteiger partial charge in [0.05, 0.1) is 5.56 Å². The lowest BCUT2D eigenvalue weighted by Crippen LogP contribution is -2.21. The highest BCUT2D eigenvalue weighted by molar-refractivity contribution is 6.00. The molecule has 4 heteroatoms. The number of ketones is 1. The number of halogens is 1. The zero-order chi connectivity index (χ0) is 14.8. The molecule has 0 atom stereocenters. The zero-order valence-corrected chi connectivity index (χ0v) is 12.1. The summed E-state index contributed by atoms with van der Waals surface area (Å²) in [5.74, 6) is -0.706. The van der Waals surface area contributed by atoms with Crippen molar-refractivity contribution in [3.05, 3.63) is 29.1 Å². The van der Waals surface area contributed by atoms with Gasteiger partial charge in [-0.15, -0.1) is 0 Å². The third-order valence-corrected chi connectivity index (χ3v) is 4.58. The maximum Gasteiger partial charge on any atom is 0.224 e. The number of hydrogen-bond donors (Lipinski definition) is 1. The zero-order valence-electron chi connectivity index (χ0n) is 12.1. The Labute approximate surface area is 123 Å². The van der Waals surface area contributed by atoms with Crippen LogP contribution >= 0.6 is 0 Å². The van der Waals surface area contributed by atoms with Crippen molar-refractivity contribution in [3.63, 3.8) is 0 Å². The van der Waals surface area contributed by atoms with Gasteiger partial charge in [0, 0.05) is 18.0 Å². The van der Waals surface area contributed by atoms with E-state index >= 15 is 0 Å². The molecule has 1 heterocycles. The molecule has 0 radical (unpaired) electrons. The molecule has 1 saturated carbocycles. The first-order chi connectivity index (χ1) is 10.1. The van der Waals surface area contributed by atoms with Crippen LogP contribution in [-0.2, 0) is 11.2 Å². The van der Waals surface area contributed by atoms with Crippen molar-refractivity contribution in [1.82, 2.24) is 0 Å². The minimum atomic E-state index is -0.509. The molecule has 3 nitrogen and oxygen atoms in total. The number of benzene rings is 1. The highest BCUT2D eigenvalue weighted by atomic mass is 19.1. The van der Waals surface area contributed by atoms with Gasteiger partial charge in [-0.1, -0.05) is 25.7 Å². The van der Waals surface area contributed by atoms with E-state index in [4.69, 9.17) is 0 Å². The number of amides is 1. The van der Waals surface area contributed by atoms with Crippen molar-refractivity contribution in [2.24, 2.45) is 5.92 Å². The number of carbonyl (C=O) groups excluding carboxylic acids is 2. The van der Waals surface area contributed by atoms with E-state index in [0.29, 0.717) is 18.5 Å². The highest BCUT2D eigenvalue weighted by Crippen LogP contribution is 2.30. The molecular formula is C17H20FNO2. The molecule has 2 aliphatic rings. The lowest BCUT2D eigenvalue weighted by atomic mass is 9.89. The second-order valence-corrected chi connectivity index (χ2v) is 6.09. The molecule has 0 saturated heterocycles. The van der Waals surface area contributed by atoms with E-state index in [9.17, 15) is 14.0 Å². The van der Waals surface area contributed by atoms with Crippen LogP contribution in [0.15, 0.2) is 12.1 Å². The number of carbonyl (C=O) groups is 2. The highest BCUT2D eigenvalue weighted by Gasteiger charge is 2.26. The number of nitrogens with one attached hydrogen (secondary N) is 1. The van der Waals surface area contributed by atoms with Gasteiger partial charge in [0.15, 0.2) is 5.78 Å². The Hall–Kier alpha value is -1.71. The van der Waals surface area contributed by atoms with Gasteiger partial charge in [0.25, 0.3) is 0 Å². The molecule has 1 aliphatic heterocycles. The van der Waals surface area contributed by atoms with Gasteiger partial charge in [-0.3, -0.25) is 9.59 Å². The molecule has 21 heavy (non-hydrogen) atoms. The van der Waals surface area contributed by atoms with E-state index in [-0.39, 0.29) is 23.2 Å². The fourth-order valence-electron chi connectivity index (χ4n) is 3.35. The summed E-state index contributed by atoms with van der Waals surface area (Å²) in [6.45, 7) is 0. The average molecular weight is 289 g/mol. The number of anilines is 1. The summed E-state index contributed by atoms with van der Waals surface area (Å²) < 4.78 is 14.2. The molecule has 1 N–H and O–H groups in total. The van der Waals surface area contributed by atoms with Gasteiger partial charge in [-0.05, 0) is 37.0 Å². The smallest absolute Gasteiger partial charge is 0.224 e. The molecule has 1 aromatic rings. The topological polar surface area (TPSA) is 46.2 Å². The minimum Gasteiger partial charge on any atom is -0.326 e. The lowest BCUT2D eigenvalue weighted by Gasteiger charge is -2.19. The molecule has 1 amide bonds. The van der Waals surface area contributed by atoms with Gasteiger partial charge in [-0.25, -0.2) is 4.39 Å². The fourth-order valence-corrected chi connectivity index (χ4v) is 3.35. The molecule has 0 bridgehead atoms. The predicted molar refractivity (Wildman–Crippen MR) is 78.9 cm³/mol. The van der Waals surface area contributed by atoms with Crippen LogP contribution in [0.5, 0.6) is 0 Å². The van der Waals surface area contributed by atoms with E-state index in [0.717, 1.165) is 31.2 Å². The molecule has 3 rings (SSSR count). The maximum absolute atomic E-state index is 14.2. The van der Waals surface area contributed by atoms with Crippen molar-refractivity contribution in [1.29, 1.82) is 0 Å². The summed E-state index contributed by atoms with van der Waals surface area (Å²) in [7, 11) is 0. The van der Waals surface area contributed by atoms with Crippen LogP contribution < -0.4 is 5.32 Å². The summed E-state index contributed by atoms with van der Waals surface area (Å²) in [6, 6.07) is 2.95. The molecule has 1 fully saturated rings. The van der Waals surface area contributed by atoms with E-state index in [2.05, 4.69) is 5.32 Å². The van der Waals surface area contributed by atoms with Crippen LogP contribution in [0, 0.1) is 11.7 Å². The average Bonchev–Trinajstić information content (AvgIpc) is 2.74. The van der Waals surface area contributed by atoms with Gasteiger partial charge in [0.1, 0.15) is 5.82 Å². The molecule has 0 spiro atoms. The summed E-state index contributed by atoms with van der Waals surface area (Å²) in [5, 5.41) is 2.67. The van der Waals surface area contributed by atoms with Gasteiger partial charge in [-0.2, -0.15) is 0 Å².